The second-order valence-electron chi connectivity index (χ2n) is 12.7. The Morgan fingerprint density at radius 1 is 1.14 bits per heavy atom. The SMILES string of the molecule is CS[C@@]1(C(=O)Nc2ccc3[nH]nc(-c4ccc(OC(C)C)nc4)c3c2)CCN(CC(=O)N2CC=C(c3ccc(-n4ncccc4=O)s3)CC2)C1. The molecule has 0 spiro atoms. The van der Waals surface area contributed by atoms with Gasteiger partial charge in [0, 0.05) is 72.2 Å². The predicted molar refractivity (Wildman–Crippen MR) is 198 cm³/mol. The Morgan fingerprint density at radius 2 is 2.02 bits per heavy atom. The van der Waals surface area contributed by atoms with E-state index in [4.69, 9.17) is 4.74 Å². The molecule has 1 atom stereocenters. The van der Waals surface area contributed by atoms with Gasteiger partial charge in [0.15, 0.2) is 0 Å². The number of rotatable bonds is 10. The largest absolute Gasteiger partial charge is 0.475 e. The van der Waals surface area contributed by atoms with Gasteiger partial charge in [-0.2, -0.15) is 14.9 Å². The van der Waals surface area contributed by atoms with Crippen molar-refractivity contribution in [2.75, 3.05) is 44.3 Å². The van der Waals surface area contributed by atoms with Gasteiger partial charge >= 0.3 is 0 Å². The zero-order chi connectivity index (χ0) is 34.8. The molecular formula is C36H38N8O4S2. The maximum absolute atomic E-state index is 13.8. The molecule has 4 aromatic heterocycles. The van der Waals surface area contributed by atoms with Gasteiger partial charge in [-0.15, -0.1) is 23.1 Å². The summed E-state index contributed by atoms with van der Waals surface area (Å²) in [6, 6.07) is 16.5. The second-order valence-corrected chi connectivity index (χ2v) is 15.0. The number of thioether (sulfide) groups is 1. The molecule has 258 valence electrons. The lowest BCUT2D eigenvalue weighted by Crippen LogP contribution is -2.45. The molecule has 12 nitrogen and oxygen atoms in total. The second kappa shape index (κ2) is 14.2. The fourth-order valence-corrected chi connectivity index (χ4v) is 8.26. The number of carbonyl (C=O) groups is 2. The number of H-pyrrole nitrogens is 1. The highest BCUT2D eigenvalue weighted by atomic mass is 32.2. The summed E-state index contributed by atoms with van der Waals surface area (Å²) in [6.07, 6.45) is 8.80. The van der Waals surface area contributed by atoms with E-state index < -0.39 is 4.75 Å². The topological polar surface area (TPSA) is 138 Å². The first-order chi connectivity index (χ1) is 24.2. The molecule has 0 aliphatic carbocycles. The van der Waals surface area contributed by atoms with Crippen molar-refractivity contribution in [3.8, 4) is 22.1 Å². The van der Waals surface area contributed by atoms with Crippen LogP contribution in [0.1, 0.15) is 31.6 Å². The van der Waals surface area contributed by atoms with Crippen LogP contribution in [0.3, 0.4) is 0 Å². The van der Waals surface area contributed by atoms with E-state index in [9.17, 15) is 14.4 Å². The number of fused-ring (bicyclic) bond motifs is 1. The fourth-order valence-electron chi connectivity index (χ4n) is 6.37. The molecule has 2 aliphatic heterocycles. The zero-order valence-corrected chi connectivity index (χ0v) is 29.7. The van der Waals surface area contributed by atoms with Crippen LogP contribution in [-0.2, 0) is 9.59 Å². The number of likely N-dealkylation sites (tertiary alicyclic amines) is 1. The van der Waals surface area contributed by atoms with E-state index in [1.807, 2.05) is 67.5 Å². The maximum atomic E-state index is 13.8. The molecule has 7 rings (SSSR count). The Morgan fingerprint density at radius 3 is 2.76 bits per heavy atom. The first-order valence-electron chi connectivity index (χ1n) is 16.5. The van der Waals surface area contributed by atoms with Crippen LogP contribution in [0, 0.1) is 0 Å². The number of aromatic nitrogens is 5. The summed E-state index contributed by atoms with van der Waals surface area (Å²) in [4.78, 5) is 48.8. The average Bonchev–Trinajstić information content (AvgIpc) is 3.88. The Balaban J connectivity index is 0.964. The lowest BCUT2D eigenvalue weighted by atomic mass is 10.1. The van der Waals surface area contributed by atoms with Crippen molar-refractivity contribution in [3.05, 3.63) is 88.3 Å². The molecule has 0 unspecified atom stereocenters. The van der Waals surface area contributed by atoms with Crippen LogP contribution in [0.2, 0.25) is 0 Å². The Labute approximate surface area is 297 Å². The number of anilines is 1. The van der Waals surface area contributed by atoms with Gasteiger partial charge in [-0.25, -0.2) is 4.98 Å². The summed E-state index contributed by atoms with van der Waals surface area (Å²) in [7, 11) is 0. The molecule has 0 bridgehead atoms. The van der Waals surface area contributed by atoms with Crippen molar-refractivity contribution in [1.29, 1.82) is 0 Å². The summed E-state index contributed by atoms with van der Waals surface area (Å²) >= 11 is 3.05. The molecule has 6 heterocycles. The number of nitrogens with zero attached hydrogens (tertiary/aromatic N) is 6. The maximum Gasteiger partial charge on any atom is 0.272 e. The molecule has 2 aliphatic rings. The third kappa shape index (κ3) is 6.96. The van der Waals surface area contributed by atoms with E-state index in [0.29, 0.717) is 44.2 Å². The number of amides is 2. The summed E-state index contributed by atoms with van der Waals surface area (Å²) < 4.78 is 6.40. The number of hydrogen-bond donors (Lipinski definition) is 2. The summed E-state index contributed by atoms with van der Waals surface area (Å²) in [5.41, 5.74) is 4.12. The van der Waals surface area contributed by atoms with Crippen molar-refractivity contribution >= 4 is 57.1 Å². The van der Waals surface area contributed by atoms with Gasteiger partial charge in [0.1, 0.15) is 15.4 Å². The van der Waals surface area contributed by atoms with Crippen LogP contribution in [0.4, 0.5) is 5.69 Å². The van der Waals surface area contributed by atoms with Gasteiger partial charge in [0.2, 0.25) is 17.7 Å². The van der Waals surface area contributed by atoms with E-state index in [2.05, 4.69) is 36.6 Å². The van der Waals surface area contributed by atoms with E-state index in [1.165, 1.54) is 39.4 Å². The first kappa shape index (κ1) is 33.7. The first-order valence-corrected chi connectivity index (χ1v) is 18.6. The Hall–Kier alpha value is -4.79. The molecule has 2 N–H and O–H groups in total. The van der Waals surface area contributed by atoms with Gasteiger partial charge in [-0.1, -0.05) is 6.08 Å². The minimum absolute atomic E-state index is 0.0324. The van der Waals surface area contributed by atoms with Crippen LogP contribution in [0.5, 0.6) is 5.88 Å². The molecule has 5 aromatic rings. The van der Waals surface area contributed by atoms with Crippen molar-refractivity contribution < 1.29 is 14.3 Å². The van der Waals surface area contributed by atoms with E-state index in [-0.39, 0.29) is 30.0 Å². The molecule has 2 amide bonds. The molecular weight excluding hydrogens is 673 g/mol. The Bertz CT molecular complexity index is 2120. The van der Waals surface area contributed by atoms with Crippen LogP contribution >= 0.6 is 23.1 Å². The van der Waals surface area contributed by atoms with Gasteiger partial charge in [-0.05, 0) is 81.0 Å². The number of aromatic amines is 1. The van der Waals surface area contributed by atoms with Crippen LogP contribution in [0.25, 0.3) is 32.7 Å². The van der Waals surface area contributed by atoms with Crippen LogP contribution in [-0.4, -0.2) is 96.4 Å². The summed E-state index contributed by atoms with van der Waals surface area (Å²) in [5, 5.41) is 16.6. The fraction of sp³-hybridized carbons (Fsp3) is 0.333. The highest BCUT2D eigenvalue weighted by Gasteiger charge is 2.44. The summed E-state index contributed by atoms with van der Waals surface area (Å²) in [5.74, 6) is 0.537. The molecule has 14 heteroatoms. The third-order valence-electron chi connectivity index (χ3n) is 9.06. The van der Waals surface area contributed by atoms with E-state index >= 15 is 0 Å². The Kier molecular flexibility index (Phi) is 9.58. The van der Waals surface area contributed by atoms with Crippen LogP contribution in [0.15, 0.2) is 77.9 Å². The third-order valence-corrected chi connectivity index (χ3v) is 11.5. The average molecular weight is 711 g/mol. The number of hydrogen-bond acceptors (Lipinski definition) is 10. The smallest absolute Gasteiger partial charge is 0.272 e. The molecule has 1 aromatic carbocycles. The lowest BCUT2D eigenvalue weighted by Gasteiger charge is -2.29. The van der Waals surface area contributed by atoms with Gasteiger partial charge in [-0.3, -0.25) is 24.4 Å². The number of thiophene rings is 1. The van der Waals surface area contributed by atoms with E-state index in [1.54, 1.807) is 18.5 Å². The normalized spacial score (nSPS) is 18.1. The van der Waals surface area contributed by atoms with Crippen LogP contribution < -0.4 is 15.6 Å². The molecule has 0 radical (unpaired) electrons. The number of benzene rings is 1. The zero-order valence-electron chi connectivity index (χ0n) is 28.1. The van der Waals surface area contributed by atoms with Crippen molar-refractivity contribution in [2.45, 2.75) is 37.5 Å². The number of pyridine rings is 1. The van der Waals surface area contributed by atoms with E-state index in [0.717, 1.165) is 38.5 Å². The number of carbonyl (C=O) groups excluding carboxylic acids is 2. The van der Waals surface area contributed by atoms with Crippen molar-refractivity contribution in [3.63, 3.8) is 0 Å². The molecule has 0 saturated carbocycles. The predicted octanol–water partition coefficient (Wildman–Crippen LogP) is 5.08. The highest BCUT2D eigenvalue weighted by Crippen LogP contribution is 2.36. The monoisotopic (exact) mass is 710 g/mol. The molecule has 1 saturated heterocycles. The van der Waals surface area contributed by atoms with Gasteiger partial charge in [0.05, 0.1) is 18.2 Å². The molecule has 50 heavy (non-hydrogen) atoms. The van der Waals surface area contributed by atoms with Crippen molar-refractivity contribution in [1.82, 2.24) is 34.8 Å². The number of ether oxygens (including phenoxy) is 1. The minimum Gasteiger partial charge on any atom is -0.475 e. The van der Waals surface area contributed by atoms with Gasteiger partial charge in [0.25, 0.3) is 5.56 Å². The lowest BCUT2D eigenvalue weighted by molar-refractivity contribution is -0.132. The van der Waals surface area contributed by atoms with Crippen molar-refractivity contribution in [2.24, 2.45) is 0 Å². The quantitative estimate of drug-likeness (QED) is 0.203. The number of nitrogens with one attached hydrogen (secondary N) is 2. The highest BCUT2D eigenvalue weighted by molar-refractivity contribution is 8.00. The van der Waals surface area contributed by atoms with Gasteiger partial charge < -0.3 is 15.0 Å². The molecule has 1 fully saturated rings. The standard InChI is InChI=1S/C36H38N8O4S2/c1-23(2)48-30-10-6-25(20-37-30)34-27-19-26(7-8-28(27)40-41-34)39-35(47)36(49-3)14-18-42(22-36)21-32(46)43-16-12-24(13-17-43)29-9-11-33(50-29)44-31(45)5-4-15-38-44/h4-12,15,19-20,23H,13-14,16-18,21-22H2,1-3H3,(H,39,47)(H,40,41)/t36-/m0/s1. The summed E-state index contributed by atoms with van der Waals surface area (Å²) in [6.45, 7) is 6.47. The minimum atomic E-state index is -0.675.